The van der Waals surface area contributed by atoms with Crippen LogP contribution in [0.25, 0.3) is 0 Å². The number of hydrogen-bond donors (Lipinski definition) is 2. The van der Waals surface area contributed by atoms with Crippen molar-refractivity contribution in [2.75, 3.05) is 26.8 Å². The first-order valence-corrected chi connectivity index (χ1v) is 10.2. The highest BCUT2D eigenvalue weighted by molar-refractivity contribution is 5.32. The van der Waals surface area contributed by atoms with E-state index >= 15 is 0 Å². The second kappa shape index (κ2) is 7.87. The van der Waals surface area contributed by atoms with E-state index in [0.29, 0.717) is 25.2 Å². The summed E-state index contributed by atoms with van der Waals surface area (Å²) in [5.74, 6) is 3.79. The van der Waals surface area contributed by atoms with Crippen molar-refractivity contribution in [1.29, 1.82) is 0 Å². The Bertz CT molecular complexity index is 568. The van der Waals surface area contributed by atoms with Gasteiger partial charge in [0.15, 0.2) is 0 Å². The zero-order valence-electron chi connectivity index (χ0n) is 16.0. The van der Waals surface area contributed by atoms with Crippen LogP contribution in [0.3, 0.4) is 0 Å². The summed E-state index contributed by atoms with van der Waals surface area (Å²) >= 11 is 0. The Labute approximate surface area is 157 Å². The zero-order chi connectivity index (χ0) is 18.0. The van der Waals surface area contributed by atoms with Gasteiger partial charge in [-0.3, -0.25) is 0 Å². The fraction of sp³-hybridized carbons (Fsp3) is 0.727. The Balaban J connectivity index is 1.17. The van der Waals surface area contributed by atoms with Crippen molar-refractivity contribution in [1.82, 2.24) is 5.32 Å². The van der Waals surface area contributed by atoms with Gasteiger partial charge >= 0.3 is 0 Å². The molecule has 1 atom stereocenters. The monoisotopic (exact) mass is 359 g/mol. The Morgan fingerprint density at radius 1 is 1.12 bits per heavy atom. The summed E-state index contributed by atoms with van der Waals surface area (Å²) < 4.78 is 11.0. The molecule has 1 aromatic carbocycles. The third-order valence-corrected chi connectivity index (χ3v) is 6.81. The predicted molar refractivity (Wildman–Crippen MR) is 102 cm³/mol. The lowest BCUT2D eigenvalue weighted by Crippen LogP contribution is -2.51. The molecule has 4 aliphatic rings. The van der Waals surface area contributed by atoms with Crippen molar-refractivity contribution in [3.63, 3.8) is 0 Å². The number of para-hydroxylation sites is 1. The summed E-state index contributed by atoms with van der Waals surface area (Å²) in [7, 11) is 1.67. The number of rotatable bonds is 9. The van der Waals surface area contributed by atoms with Gasteiger partial charge in [0.05, 0.1) is 26.4 Å². The molecule has 2 N–H and O–H groups in total. The van der Waals surface area contributed by atoms with Gasteiger partial charge in [-0.15, -0.1) is 0 Å². The molecular weight excluding hydrogens is 326 g/mol. The molecule has 0 amide bonds. The van der Waals surface area contributed by atoms with Gasteiger partial charge in [0.1, 0.15) is 5.75 Å². The normalized spacial score (nSPS) is 33.4. The van der Waals surface area contributed by atoms with Gasteiger partial charge in [0.25, 0.3) is 0 Å². The van der Waals surface area contributed by atoms with E-state index in [2.05, 4.69) is 5.32 Å². The average molecular weight is 360 g/mol. The summed E-state index contributed by atoms with van der Waals surface area (Å²) in [6, 6.07) is 7.86. The van der Waals surface area contributed by atoms with E-state index in [1.807, 2.05) is 24.3 Å². The summed E-state index contributed by atoms with van der Waals surface area (Å²) in [6.07, 6.45) is 8.22. The summed E-state index contributed by atoms with van der Waals surface area (Å²) in [4.78, 5) is 0. The third kappa shape index (κ3) is 4.08. The fourth-order valence-corrected chi connectivity index (χ4v) is 6.20. The quantitative estimate of drug-likeness (QED) is 0.710. The predicted octanol–water partition coefficient (Wildman–Crippen LogP) is 3.38. The molecule has 0 radical (unpaired) electrons. The van der Waals surface area contributed by atoms with Crippen LogP contribution < -0.4 is 10.1 Å². The molecule has 5 rings (SSSR count). The van der Waals surface area contributed by atoms with Crippen molar-refractivity contribution in [3.05, 3.63) is 29.8 Å². The van der Waals surface area contributed by atoms with Crippen molar-refractivity contribution in [2.24, 2.45) is 23.2 Å². The largest absolute Gasteiger partial charge is 0.496 e. The van der Waals surface area contributed by atoms with Crippen LogP contribution in [0.5, 0.6) is 5.75 Å². The van der Waals surface area contributed by atoms with Gasteiger partial charge in [0.2, 0.25) is 0 Å². The molecular formula is C22H33NO3. The van der Waals surface area contributed by atoms with Crippen LogP contribution in [0, 0.1) is 23.2 Å². The number of hydrogen-bond acceptors (Lipinski definition) is 4. The van der Waals surface area contributed by atoms with Crippen LogP contribution in [0.1, 0.15) is 44.1 Å². The van der Waals surface area contributed by atoms with E-state index < -0.39 is 6.10 Å². The van der Waals surface area contributed by atoms with Gasteiger partial charge in [-0.2, -0.15) is 0 Å². The van der Waals surface area contributed by atoms with Gasteiger partial charge in [-0.25, -0.2) is 0 Å². The maximum absolute atomic E-state index is 10.2. The summed E-state index contributed by atoms with van der Waals surface area (Å²) in [6.45, 7) is 2.51. The van der Waals surface area contributed by atoms with Crippen molar-refractivity contribution in [2.45, 2.75) is 51.2 Å². The van der Waals surface area contributed by atoms with E-state index in [0.717, 1.165) is 35.6 Å². The molecule has 4 fully saturated rings. The molecule has 0 aromatic heterocycles. The topological polar surface area (TPSA) is 50.7 Å². The first-order valence-electron chi connectivity index (χ1n) is 10.2. The number of benzene rings is 1. The summed E-state index contributed by atoms with van der Waals surface area (Å²) in [5.41, 5.74) is 1.54. The minimum absolute atomic E-state index is 0.353. The van der Waals surface area contributed by atoms with E-state index in [-0.39, 0.29) is 0 Å². The average Bonchev–Trinajstić information content (AvgIpc) is 2.61. The fourth-order valence-electron chi connectivity index (χ4n) is 6.20. The van der Waals surface area contributed by atoms with Crippen LogP contribution in [-0.2, 0) is 11.3 Å². The summed E-state index contributed by atoms with van der Waals surface area (Å²) in [5, 5.41) is 13.8. The Morgan fingerprint density at radius 3 is 2.42 bits per heavy atom. The molecule has 4 nitrogen and oxygen atoms in total. The second-order valence-electron chi connectivity index (χ2n) is 9.03. The minimum atomic E-state index is -0.460. The lowest BCUT2D eigenvalue weighted by atomic mass is 9.49. The van der Waals surface area contributed by atoms with Crippen LogP contribution >= 0.6 is 0 Å². The van der Waals surface area contributed by atoms with Crippen molar-refractivity contribution >= 4 is 0 Å². The lowest BCUT2D eigenvalue weighted by molar-refractivity contribution is -0.0532. The third-order valence-electron chi connectivity index (χ3n) is 6.81. The molecule has 4 heteroatoms. The van der Waals surface area contributed by atoms with Crippen LogP contribution in [0.2, 0.25) is 0 Å². The highest BCUT2D eigenvalue weighted by Gasteiger charge is 2.50. The maximum atomic E-state index is 10.2. The van der Waals surface area contributed by atoms with E-state index in [1.165, 1.54) is 38.5 Å². The van der Waals surface area contributed by atoms with Gasteiger partial charge < -0.3 is 19.9 Å². The van der Waals surface area contributed by atoms with Crippen LogP contribution in [-0.4, -0.2) is 38.0 Å². The Morgan fingerprint density at radius 2 is 1.77 bits per heavy atom. The van der Waals surface area contributed by atoms with Crippen molar-refractivity contribution < 1.29 is 14.6 Å². The first-order chi connectivity index (χ1) is 12.7. The standard InChI is InChI=1S/C22H33NO3/c1-25-21-5-3-2-4-19(21)13-26-14-20(24)12-23-15-22-9-16-6-17(10-22)8-18(7-16)11-22/h2-5,16-18,20,23-24H,6-15H2,1H3/t16?,17?,18?,20-,22?/m1/s1. The molecule has 0 spiro atoms. The van der Waals surface area contributed by atoms with Gasteiger partial charge in [-0.05, 0) is 67.8 Å². The SMILES string of the molecule is COc1ccccc1COC[C@H](O)CNCC12CC3CC(CC(C3)C1)C2. The maximum Gasteiger partial charge on any atom is 0.124 e. The van der Waals surface area contributed by atoms with E-state index in [9.17, 15) is 5.11 Å². The number of nitrogens with one attached hydrogen (secondary N) is 1. The van der Waals surface area contributed by atoms with Gasteiger partial charge in [-0.1, -0.05) is 18.2 Å². The number of aliphatic hydroxyl groups excluding tert-OH is 1. The molecule has 0 aliphatic heterocycles. The molecule has 4 aliphatic carbocycles. The number of aliphatic hydroxyl groups is 1. The highest BCUT2D eigenvalue weighted by atomic mass is 16.5. The Hall–Kier alpha value is -1.10. The molecule has 0 saturated heterocycles. The smallest absolute Gasteiger partial charge is 0.124 e. The lowest BCUT2D eigenvalue weighted by Gasteiger charge is -2.57. The molecule has 26 heavy (non-hydrogen) atoms. The molecule has 144 valence electrons. The van der Waals surface area contributed by atoms with Gasteiger partial charge in [0, 0.05) is 18.7 Å². The molecule has 4 saturated carbocycles. The Kier molecular flexibility index (Phi) is 5.53. The molecule has 0 heterocycles. The molecule has 1 aromatic rings. The highest BCUT2D eigenvalue weighted by Crippen LogP contribution is 2.59. The second-order valence-corrected chi connectivity index (χ2v) is 9.03. The minimum Gasteiger partial charge on any atom is -0.496 e. The zero-order valence-corrected chi connectivity index (χ0v) is 16.0. The number of methoxy groups -OCH3 is 1. The molecule has 0 unspecified atom stereocenters. The van der Waals surface area contributed by atoms with Crippen molar-refractivity contribution in [3.8, 4) is 5.75 Å². The van der Waals surface area contributed by atoms with E-state index in [4.69, 9.17) is 9.47 Å². The number of ether oxygens (including phenoxy) is 2. The van der Waals surface area contributed by atoms with Crippen LogP contribution in [0.15, 0.2) is 24.3 Å². The van der Waals surface area contributed by atoms with E-state index in [1.54, 1.807) is 7.11 Å². The molecule has 4 bridgehead atoms. The van der Waals surface area contributed by atoms with Crippen LogP contribution in [0.4, 0.5) is 0 Å². The first kappa shape index (κ1) is 18.3.